The van der Waals surface area contributed by atoms with E-state index in [9.17, 15) is 0 Å². The second-order valence-corrected chi connectivity index (χ2v) is 7.95. The summed E-state index contributed by atoms with van der Waals surface area (Å²) < 4.78 is 11.7. The molecule has 0 amide bonds. The quantitative estimate of drug-likeness (QED) is 0.354. The van der Waals surface area contributed by atoms with Crippen LogP contribution < -0.4 is 14.8 Å². The lowest BCUT2D eigenvalue weighted by Gasteiger charge is -2.16. The molecule has 0 heterocycles. The third-order valence-corrected chi connectivity index (χ3v) is 5.70. The largest absolute Gasteiger partial charge is 0.497 e. The summed E-state index contributed by atoms with van der Waals surface area (Å²) in [5.74, 6) is 1.57. The molecule has 0 spiro atoms. The highest BCUT2D eigenvalue weighted by atomic mass is 79.9. The maximum Gasteiger partial charge on any atom is 0.127 e. The number of benzene rings is 3. The Morgan fingerprint density at radius 1 is 1.00 bits per heavy atom. The maximum absolute atomic E-state index is 6.00. The number of hydrogen-bond donors (Lipinski definition) is 1. The van der Waals surface area contributed by atoms with Crippen LogP contribution in [0.4, 0.5) is 5.69 Å². The van der Waals surface area contributed by atoms with Gasteiger partial charge in [0, 0.05) is 33.4 Å². The molecule has 0 atom stereocenters. The lowest BCUT2D eigenvalue weighted by Crippen LogP contribution is -2.04. The molecule has 0 bridgehead atoms. The number of methoxy groups -OCH3 is 2. The molecule has 3 aromatic carbocycles. The molecule has 3 nitrogen and oxygen atoms in total. The van der Waals surface area contributed by atoms with Crippen LogP contribution in [0, 0.1) is 6.92 Å². The fourth-order valence-electron chi connectivity index (χ4n) is 3.10. The zero-order valence-corrected chi connectivity index (χ0v) is 21.0. The average molecular weight is 503 g/mol. The second-order valence-electron chi connectivity index (χ2n) is 6.66. The highest BCUT2D eigenvalue weighted by Crippen LogP contribution is 2.34. The Morgan fingerprint density at radius 3 is 2.29 bits per heavy atom. The molecule has 0 fully saturated rings. The molecule has 3 aromatic rings. The lowest BCUT2D eigenvalue weighted by atomic mass is 9.97. The molecular formula is C26H29BrClNO2. The zero-order valence-electron chi connectivity index (χ0n) is 18.7. The van der Waals surface area contributed by atoms with Crippen molar-refractivity contribution in [2.24, 2.45) is 0 Å². The number of halogens is 2. The van der Waals surface area contributed by atoms with Crippen molar-refractivity contribution in [2.45, 2.75) is 27.3 Å². The Labute approximate surface area is 199 Å². The predicted octanol–water partition coefficient (Wildman–Crippen LogP) is 8.13. The van der Waals surface area contributed by atoms with Crippen molar-refractivity contribution in [3.8, 4) is 11.5 Å². The fourth-order valence-corrected chi connectivity index (χ4v) is 3.81. The summed E-state index contributed by atoms with van der Waals surface area (Å²) in [4.78, 5) is 0. The minimum absolute atomic E-state index is 0.637. The van der Waals surface area contributed by atoms with E-state index < -0.39 is 0 Å². The van der Waals surface area contributed by atoms with Crippen molar-refractivity contribution < 1.29 is 9.47 Å². The van der Waals surface area contributed by atoms with Crippen molar-refractivity contribution in [1.82, 2.24) is 0 Å². The highest BCUT2D eigenvalue weighted by Gasteiger charge is 2.11. The van der Waals surface area contributed by atoms with Crippen LogP contribution in [0.1, 0.15) is 36.1 Å². The van der Waals surface area contributed by atoms with Crippen molar-refractivity contribution in [3.05, 3.63) is 92.9 Å². The second kappa shape index (κ2) is 11.8. The molecule has 3 rings (SSSR count). The van der Waals surface area contributed by atoms with Crippen LogP contribution in [-0.2, 0) is 6.54 Å². The summed E-state index contributed by atoms with van der Waals surface area (Å²) in [6.45, 7) is 11.0. The Morgan fingerprint density at radius 2 is 1.68 bits per heavy atom. The van der Waals surface area contributed by atoms with Crippen LogP contribution >= 0.6 is 27.5 Å². The molecule has 164 valence electrons. The average Bonchev–Trinajstić information content (AvgIpc) is 2.80. The molecule has 0 saturated heterocycles. The summed E-state index contributed by atoms with van der Waals surface area (Å²) in [5, 5.41) is 4.21. The summed E-state index contributed by atoms with van der Waals surface area (Å²) in [6, 6.07) is 17.8. The first-order valence-electron chi connectivity index (χ1n) is 10.1. The molecule has 0 radical (unpaired) electrons. The van der Waals surface area contributed by atoms with E-state index >= 15 is 0 Å². The van der Waals surface area contributed by atoms with Gasteiger partial charge in [0.2, 0.25) is 0 Å². The van der Waals surface area contributed by atoms with Crippen molar-refractivity contribution >= 4 is 38.8 Å². The number of aryl methyl sites for hydroxylation is 1. The SMILES string of the molecule is C=C(c1ccc(Cl)cc1)c1cc(C)c(NCc2ccc(OC)cc2OC)cc1Br.CC. The van der Waals surface area contributed by atoms with E-state index in [0.29, 0.717) is 11.6 Å². The van der Waals surface area contributed by atoms with E-state index in [-0.39, 0.29) is 0 Å². The molecule has 31 heavy (non-hydrogen) atoms. The molecule has 1 N–H and O–H groups in total. The minimum Gasteiger partial charge on any atom is -0.497 e. The zero-order chi connectivity index (χ0) is 23.0. The molecule has 5 heteroatoms. The highest BCUT2D eigenvalue weighted by molar-refractivity contribution is 9.10. The van der Waals surface area contributed by atoms with Crippen molar-refractivity contribution in [3.63, 3.8) is 0 Å². The first kappa shape index (κ1) is 24.8. The standard InChI is InChI=1S/C24H23BrClNO2.C2H6/c1-15-11-21(16(2)17-5-8-19(26)9-6-17)22(25)13-23(15)27-14-18-7-10-20(28-3)12-24(18)29-4;1-2/h5-13,27H,2,14H2,1,3-4H3;1-2H3. The van der Waals surface area contributed by atoms with Gasteiger partial charge < -0.3 is 14.8 Å². The smallest absolute Gasteiger partial charge is 0.127 e. The number of rotatable bonds is 7. The first-order valence-corrected chi connectivity index (χ1v) is 11.3. The number of nitrogens with one attached hydrogen (secondary N) is 1. The fraction of sp³-hybridized carbons (Fsp3) is 0.231. The summed E-state index contributed by atoms with van der Waals surface area (Å²) in [7, 11) is 3.31. The van der Waals surface area contributed by atoms with Gasteiger partial charge >= 0.3 is 0 Å². The Balaban J connectivity index is 0.00000166. The van der Waals surface area contributed by atoms with E-state index in [1.165, 1.54) is 0 Å². The van der Waals surface area contributed by atoms with Gasteiger partial charge in [-0.1, -0.05) is 60.1 Å². The van der Waals surface area contributed by atoms with Gasteiger partial charge in [0.25, 0.3) is 0 Å². The summed E-state index contributed by atoms with van der Waals surface area (Å²) >= 11 is 9.70. The van der Waals surface area contributed by atoms with E-state index in [2.05, 4.69) is 46.9 Å². The molecule has 0 aliphatic carbocycles. The summed E-state index contributed by atoms with van der Waals surface area (Å²) in [5.41, 5.74) is 6.27. The van der Waals surface area contributed by atoms with Gasteiger partial charge in [0.15, 0.2) is 0 Å². The maximum atomic E-state index is 6.00. The molecular weight excluding hydrogens is 474 g/mol. The topological polar surface area (TPSA) is 30.5 Å². The van der Waals surface area contributed by atoms with Gasteiger partial charge in [-0.15, -0.1) is 0 Å². The van der Waals surface area contributed by atoms with E-state index in [0.717, 1.165) is 49.5 Å². The minimum atomic E-state index is 0.637. The van der Waals surface area contributed by atoms with Crippen LogP contribution in [0.2, 0.25) is 5.02 Å². The number of anilines is 1. The molecule has 0 unspecified atom stereocenters. The molecule has 0 saturated carbocycles. The van der Waals surface area contributed by atoms with Gasteiger partial charge in [0.1, 0.15) is 11.5 Å². The Bertz CT molecular complexity index is 1030. The van der Waals surface area contributed by atoms with Crippen LogP contribution in [0.15, 0.2) is 65.6 Å². The van der Waals surface area contributed by atoms with Gasteiger partial charge in [-0.25, -0.2) is 0 Å². The predicted molar refractivity (Wildman–Crippen MR) is 137 cm³/mol. The first-order chi connectivity index (χ1) is 14.9. The van der Waals surface area contributed by atoms with Gasteiger partial charge in [-0.3, -0.25) is 0 Å². The molecule has 0 aliphatic heterocycles. The Hall–Kier alpha value is -2.43. The monoisotopic (exact) mass is 501 g/mol. The lowest BCUT2D eigenvalue weighted by molar-refractivity contribution is 0.391. The van der Waals surface area contributed by atoms with E-state index in [4.69, 9.17) is 21.1 Å². The van der Waals surface area contributed by atoms with Crippen molar-refractivity contribution in [1.29, 1.82) is 0 Å². The van der Waals surface area contributed by atoms with Crippen LogP contribution in [0.5, 0.6) is 11.5 Å². The third-order valence-electron chi connectivity index (χ3n) is 4.80. The van der Waals surface area contributed by atoms with Crippen LogP contribution in [0.3, 0.4) is 0 Å². The number of ether oxygens (including phenoxy) is 2. The summed E-state index contributed by atoms with van der Waals surface area (Å²) in [6.07, 6.45) is 0. The normalized spacial score (nSPS) is 10.0. The van der Waals surface area contributed by atoms with Crippen LogP contribution in [-0.4, -0.2) is 14.2 Å². The van der Waals surface area contributed by atoms with Gasteiger partial charge in [-0.2, -0.15) is 0 Å². The van der Waals surface area contributed by atoms with E-state index in [1.54, 1.807) is 14.2 Å². The van der Waals surface area contributed by atoms with Gasteiger partial charge in [-0.05, 0) is 65.6 Å². The van der Waals surface area contributed by atoms with Crippen LogP contribution in [0.25, 0.3) is 5.57 Å². The molecule has 0 aliphatic rings. The Kier molecular flexibility index (Phi) is 9.47. The van der Waals surface area contributed by atoms with E-state index in [1.807, 2.05) is 56.3 Å². The third kappa shape index (κ3) is 6.28. The van der Waals surface area contributed by atoms with Crippen molar-refractivity contribution in [2.75, 3.05) is 19.5 Å². The number of hydrogen-bond acceptors (Lipinski definition) is 3. The van der Waals surface area contributed by atoms with Gasteiger partial charge in [0.05, 0.1) is 14.2 Å². The molecule has 0 aromatic heterocycles.